The Bertz CT molecular complexity index is 283. The van der Waals surface area contributed by atoms with E-state index in [-0.39, 0.29) is 12.4 Å². The zero-order valence-corrected chi connectivity index (χ0v) is 10.1. The minimum atomic E-state index is -0.838. The molecule has 0 fully saturated rings. The second kappa shape index (κ2) is 9.64. The Labute approximate surface area is 101 Å². The molecule has 0 heterocycles. The van der Waals surface area contributed by atoms with Crippen molar-refractivity contribution in [3.8, 4) is 6.07 Å². The number of nitriles is 1. The van der Waals surface area contributed by atoms with E-state index < -0.39 is 11.9 Å². The molecule has 1 N–H and O–H groups in total. The molecule has 17 heavy (non-hydrogen) atoms. The second-order valence-corrected chi connectivity index (χ2v) is 3.97. The van der Waals surface area contributed by atoms with Gasteiger partial charge in [0.1, 0.15) is 0 Å². The number of carbonyl (C=O) groups is 2. The molecule has 0 amide bonds. The van der Waals surface area contributed by atoms with E-state index in [1.54, 1.807) is 6.92 Å². The molecule has 0 aromatic heterocycles. The molecule has 1 unspecified atom stereocenters. The average molecular weight is 241 g/mol. The van der Waals surface area contributed by atoms with Crippen molar-refractivity contribution in [1.82, 2.24) is 0 Å². The summed E-state index contributed by atoms with van der Waals surface area (Å²) in [7, 11) is 0. The molecule has 0 aliphatic rings. The molecular weight excluding hydrogens is 222 g/mol. The zero-order chi connectivity index (χ0) is 13.1. The first-order valence-electron chi connectivity index (χ1n) is 5.83. The smallest absolute Gasteiger partial charge is 0.306 e. The molecule has 0 aliphatic heterocycles. The molecule has 0 spiro atoms. The Balaban J connectivity index is 3.41. The first kappa shape index (κ1) is 15.4. The first-order chi connectivity index (χ1) is 8.07. The van der Waals surface area contributed by atoms with E-state index in [0.29, 0.717) is 32.3 Å². The van der Waals surface area contributed by atoms with Crippen LogP contribution >= 0.6 is 0 Å². The lowest BCUT2D eigenvalue weighted by atomic mass is 10.0. The van der Waals surface area contributed by atoms with Crippen molar-refractivity contribution in [2.24, 2.45) is 5.92 Å². The third kappa shape index (κ3) is 9.36. The number of rotatable bonds is 9. The predicted molar refractivity (Wildman–Crippen MR) is 61.1 cm³/mol. The van der Waals surface area contributed by atoms with Gasteiger partial charge in [-0.1, -0.05) is 6.92 Å². The summed E-state index contributed by atoms with van der Waals surface area (Å²) in [6.45, 7) is 1.96. The molecule has 5 nitrogen and oxygen atoms in total. The number of esters is 1. The summed E-state index contributed by atoms with van der Waals surface area (Å²) in [4.78, 5) is 21.7. The standard InChI is InChI=1S/C12H19NO4/c1-10(12(15)16)6-5-7-11(14)17-9-4-2-3-8-13/h10H,2-7,9H2,1H3,(H,15,16). The summed E-state index contributed by atoms with van der Waals surface area (Å²) >= 11 is 0. The van der Waals surface area contributed by atoms with Crippen LogP contribution in [0.3, 0.4) is 0 Å². The highest BCUT2D eigenvalue weighted by atomic mass is 16.5. The molecule has 0 bridgehead atoms. The Kier molecular flexibility index (Phi) is 8.75. The van der Waals surface area contributed by atoms with E-state index in [9.17, 15) is 9.59 Å². The fourth-order valence-corrected chi connectivity index (χ4v) is 1.24. The van der Waals surface area contributed by atoms with Crippen LogP contribution in [0.1, 0.15) is 45.4 Å². The van der Waals surface area contributed by atoms with E-state index in [0.717, 1.165) is 6.42 Å². The van der Waals surface area contributed by atoms with Crippen LogP contribution in [-0.2, 0) is 14.3 Å². The van der Waals surface area contributed by atoms with Crippen molar-refractivity contribution in [3.05, 3.63) is 0 Å². The number of carboxylic acid groups (broad SMARTS) is 1. The van der Waals surface area contributed by atoms with Gasteiger partial charge in [0.2, 0.25) is 0 Å². The molecule has 0 radical (unpaired) electrons. The Morgan fingerprint density at radius 3 is 2.65 bits per heavy atom. The second-order valence-electron chi connectivity index (χ2n) is 3.97. The summed E-state index contributed by atoms with van der Waals surface area (Å²) in [5.74, 6) is -1.55. The Hall–Kier alpha value is -1.57. The molecule has 0 aromatic rings. The van der Waals surface area contributed by atoms with E-state index in [1.165, 1.54) is 0 Å². The summed E-state index contributed by atoms with van der Waals surface area (Å²) in [5, 5.41) is 16.9. The number of carbonyl (C=O) groups excluding carboxylic acids is 1. The van der Waals surface area contributed by atoms with Gasteiger partial charge in [-0.15, -0.1) is 0 Å². The summed E-state index contributed by atoms with van der Waals surface area (Å²) < 4.78 is 4.94. The lowest BCUT2D eigenvalue weighted by Crippen LogP contribution is -2.11. The Morgan fingerprint density at radius 1 is 1.35 bits per heavy atom. The normalized spacial score (nSPS) is 11.5. The maximum Gasteiger partial charge on any atom is 0.306 e. The number of aliphatic carboxylic acids is 1. The van der Waals surface area contributed by atoms with E-state index >= 15 is 0 Å². The molecule has 0 aromatic carbocycles. The lowest BCUT2D eigenvalue weighted by molar-refractivity contribution is -0.145. The number of ether oxygens (including phenoxy) is 1. The highest BCUT2D eigenvalue weighted by Gasteiger charge is 2.11. The summed E-state index contributed by atoms with van der Waals surface area (Å²) in [5.41, 5.74) is 0. The van der Waals surface area contributed by atoms with Gasteiger partial charge >= 0.3 is 11.9 Å². The maximum absolute atomic E-state index is 11.2. The average Bonchev–Trinajstić information content (AvgIpc) is 2.28. The highest BCUT2D eigenvalue weighted by molar-refractivity contribution is 5.70. The van der Waals surface area contributed by atoms with E-state index in [1.807, 2.05) is 6.07 Å². The van der Waals surface area contributed by atoms with E-state index in [2.05, 4.69) is 0 Å². The molecule has 0 rings (SSSR count). The van der Waals surface area contributed by atoms with E-state index in [4.69, 9.17) is 15.1 Å². The van der Waals surface area contributed by atoms with Gasteiger partial charge in [0.15, 0.2) is 0 Å². The van der Waals surface area contributed by atoms with Crippen LogP contribution in [-0.4, -0.2) is 23.7 Å². The molecular formula is C12H19NO4. The minimum Gasteiger partial charge on any atom is -0.481 e. The van der Waals surface area contributed by atoms with Crippen LogP contribution in [0.5, 0.6) is 0 Å². The van der Waals surface area contributed by atoms with Gasteiger partial charge in [0.05, 0.1) is 18.6 Å². The number of unbranched alkanes of at least 4 members (excludes halogenated alkanes) is 2. The SMILES string of the molecule is CC(CCCC(=O)OCCCCC#N)C(=O)O. The number of hydrogen-bond acceptors (Lipinski definition) is 4. The van der Waals surface area contributed by atoms with Crippen LogP contribution in [0.2, 0.25) is 0 Å². The summed E-state index contributed by atoms with van der Waals surface area (Å²) in [6, 6.07) is 2.02. The number of nitrogens with zero attached hydrogens (tertiary/aromatic N) is 1. The van der Waals surface area contributed by atoms with Gasteiger partial charge in [0.25, 0.3) is 0 Å². The number of carboxylic acids is 1. The third-order valence-electron chi connectivity index (χ3n) is 2.39. The molecule has 1 atom stereocenters. The third-order valence-corrected chi connectivity index (χ3v) is 2.39. The molecule has 0 saturated heterocycles. The van der Waals surface area contributed by atoms with Gasteiger partial charge in [-0.25, -0.2) is 0 Å². The summed E-state index contributed by atoms with van der Waals surface area (Å²) in [6.07, 6.45) is 3.19. The van der Waals surface area contributed by atoms with Gasteiger partial charge in [0, 0.05) is 12.8 Å². The first-order valence-corrected chi connectivity index (χ1v) is 5.83. The van der Waals surface area contributed by atoms with Crippen molar-refractivity contribution in [2.45, 2.75) is 45.4 Å². The minimum absolute atomic E-state index is 0.260. The highest BCUT2D eigenvalue weighted by Crippen LogP contribution is 2.08. The molecule has 0 aliphatic carbocycles. The van der Waals surface area contributed by atoms with Crippen molar-refractivity contribution in [1.29, 1.82) is 5.26 Å². The largest absolute Gasteiger partial charge is 0.481 e. The number of hydrogen-bond donors (Lipinski definition) is 1. The van der Waals surface area contributed by atoms with Crippen molar-refractivity contribution in [2.75, 3.05) is 6.61 Å². The van der Waals surface area contributed by atoms with Crippen LogP contribution in [0.25, 0.3) is 0 Å². The van der Waals surface area contributed by atoms with Crippen LogP contribution in [0, 0.1) is 17.2 Å². The fourth-order valence-electron chi connectivity index (χ4n) is 1.24. The topological polar surface area (TPSA) is 87.4 Å². The van der Waals surface area contributed by atoms with Crippen molar-refractivity contribution >= 4 is 11.9 Å². The van der Waals surface area contributed by atoms with Crippen LogP contribution in [0.15, 0.2) is 0 Å². The predicted octanol–water partition coefficient (Wildman–Crippen LogP) is 2.11. The monoisotopic (exact) mass is 241 g/mol. The van der Waals surface area contributed by atoms with Gasteiger partial charge in [-0.2, -0.15) is 5.26 Å². The quantitative estimate of drug-likeness (QED) is 0.493. The van der Waals surface area contributed by atoms with Gasteiger partial charge in [-0.3, -0.25) is 9.59 Å². The van der Waals surface area contributed by atoms with Crippen molar-refractivity contribution < 1.29 is 19.4 Å². The van der Waals surface area contributed by atoms with Crippen molar-refractivity contribution in [3.63, 3.8) is 0 Å². The molecule has 96 valence electrons. The van der Waals surface area contributed by atoms with Crippen LogP contribution < -0.4 is 0 Å². The fraction of sp³-hybridized carbons (Fsp3) is 0.750. The van der Waals surface area contributed by atoms with Gasteiger partial charge < -0.3 is 9.84 Å². The van der Waals surface area contributed by atoms with Crippen LogP contribution in [0.4, 0.5) is 0 Å². The Morgan fingerprint density at radius 2 is 2.06 bits per heavy atom. The zero-order valence-electron chi connectivity index (χ0n) is 10.1. The molecule has 0 saturated carbocycles. The lowest BCUT2D eigenvalue weighted by Gasteiger charge is -2.06. The molecule has 5 heteroatoms. The van der Waals surface area contributed by atoms with Gasteiger partial charge in [-0.05, 0) is 25.7 Å². The maximum atomic E-state index is 11.2.